The summed E-state index contributed by atoms with van der Waals surface area (Å²) in [5.41, 5.74) is -14.4. The Morgan fingerprint density at radius 2 is 0.805 bits per heavy atom. The zero-order chi connectivity index (χ0) is 32.7. The summed E-state index contributed by atoms with van der Waals surface area (Å²) in [4.78, 5) is 11.4. The lowest BCUT2D eigenvalue weighted by Gasteiger charge is -2.31. The van der Waals surface area contributed by atoms with E-state index in [9.17, 15) is 66.3 Å². The van der Waals surface area contributed by atoms with Gasteiger partial charge in [0, 0.05) is 14.7 Å². The Morgan fingerprint density at radius 1 is 0.561 bits per heavy atom. The van der Waals surface area contributed by atoms with Gasteiger partial charge in [0.05, 0.1) is 12.7 Å². The molecule has 41 heavy (non-hydrogen) atoms. The quantitative estimate of drug-likeness (QED) is 0.179. The van der Waals surface area contributed by atoms with Gasteiger partial charge in [-0.15, -0.1) is 0 Å². The Hall–Kier alpha value is -2.34. The van der Waals surface area contributed by atoms with Crippen LogP contribution in [0.4, 0.5) is 61.5 Å². The second kappa shape index (κ2) is 11.7. The highest BCUT2D eigenvalue weighted by atomic mass is 127. The van der Waals surface area contributed by atoms with E-state index in [1.807, 2.05) is 0 Å². The van der Waals surface area contributed by atoms with Gasteiger partial charge in [0.2, 0.25) is 0 Å². The van der Waals surface area contributed by atoms with Gasteiger partial charge in [0.15, 0.2) is 0 Å². The minimum Gasteiger partial charge on any atom is -0.465 e. The van der Waals surface area contributed by atoms with E-state index in [1.165, 1.54) is 13.8 Å². The van der Waals surface area contributed by atoms with Gasteiger partial charge in [-0.05, 0) is 72.5 Å². The molecule has 0 aromatic heterocycles. The van der Waals surface area contributed by atoms with E-state index in [0.717, 1.165) is 21.0 Å². The van der Waals surface area contributed by atoms with Gasteiger partial charge in [0.25, 0.3) is 0 Å². The van der Waals surface area contributed by atoms with Gasteiger partial charge in [-0.1, -0.05) is 24.3 Å². The van der Waals surface area contributed by atoms with Gasteiger partial charge >= 0.3 is 42.0 Å². The van der Waals surface area contributed by atoms with Crippen LogP contribution in [0.3, 0.4) is 0 Å². The molecule has 2 aromatic rings. The van der Waals surface area contributed by atoms with Crippen LogP contribution in [-0.4, -0.2) is 37.8 Å². The van der Waals surface area contributed by atoms with Crippen molar-refractivity contribution in [2.75, 3.05) is 7.11 Å². The number of carbonyl (C=O) groups is 1. The van der Waals surface area contributed by atoms with E-state index < -0.39 is 53.1 Å². The number of hydrogen-bond donors (Lipinski definition) is 0. The highest BCUT2D eigenvalue weighted by molar-refractivity contribution is 14.1. The molecular weight excluding hydrogens is 713 g/mol. The number of benzene rings is 2. The largest absolute Gasteiger partial charge is 0.465 e. The first-order chi connectivity index (χ1) is 18.1. The minimum absolute atomic E-state index is 0.158. The number of carbonyl (C=O) groups excluding carboxylic acids is 1. The molecule has 0 radical (unpaired) electrons. The summed E-state index contributed by atoms with van der Waals surface area (Å²) in [5, 5.41) is 0. The van der Waals surface area contributed by atoms with Crippen LogP contribution < -0.4 is 0 Å². The maximum absolute atomic E-state index is 13.9. The normalized spacial score (nSPS) is 13.5. The Labute approximate surface area is 237 Å². The fourth-order valence-electron chi connectivity index (χ4n) is 3.71. The van der Waals surface area contributed by atoms with Crippen LogP contribution in [0.25, 0.3) is 0 Å². The molecule has 2 aromatic carbocycles. The fraction of sp³-hybridized carbons (Fsp3) is 0.458. The van der Waals surface area contributed by atoms with Crippen molar-refractivity contribution >= 4 is 28.6 Å². The first-order valence-electron chi connectivity index (χ1n) is 10.7. The molecule has 2 nitrogen and oxygen atoms in total. The molecule has 0 spiro atoms. The van der Waals surface area contributed by atoms with Crippen LogP contribution in [0.1, 0.15) is 43.7 Å². The molecular formula is C24H19F14IO2. The van der Waals surface area contributed by atoms with E-state index in [1.54, 1.807) is 22.6 Å². The van der Waals surface area contributed by atoms with Gasteiger partial charge in [-0.2, -0.15) is 52.7 Å². The molecule has 0 bridgehead atoms. The predicted octanol–water partition coefficient (Wildman–Crippen LogP) is 9.58. The summed E-state index contributed by atoms with van der Waals surface area (Å²) >= 11 is 1.77. The Kier molecular flexibility index (Phi) is 10.5. The SMILES string of the molecule is COC(=O)c1c(C)cc(C(F)(C(F)(F)F)C(F)(F)F)cc1C.Cc1cc(C(F)(C(F)(F)F)C(F)(F)F)cc(C)c1I. The molecule has 0 fully saturated rings. The first kappa shape index (κ1) is 36.7. The Balaban J connectivity index is 0.000000414. The molecule has 0 aliphatic heterocycles. The van der Waals surface area contributed by atoms with Crippen molar-refractivity contribution in [2.45, 2.75) is 63.7 Å². The molecule has 2 rings (SSSR count). The third-order valence-electron chi connectivity index (χ3n) is 5.72. The smallest absolute Gasteiger partial charge is 0.435 e. The van der Waals surface area contributed by atoms with Gasteiger partial charge in [-0.3, -0.25) is 0 Å². The van der Waals surface area contributed by atoms with Crippen molar-refractivity contribution in [3.63, 3.8) is 0 Å². The van der Waals surface area contributed by atoms with Crippen LogP contribution in [0.2, 0.25) is 0 Å². The monoisotopic (exact) mass is 732 g/mol. The lowest BCUT2D eigenvalue weighted by atomic mass is 9.89. The summed E-state index contributed by atoms with van der Waals surface area (Å²) in [7, 11) is 1.00. The zero-order valence-corrected chi connectivity index (χ0v) is 23.5. The number of alkyl halides is 14. The van der Waals surface area contributed by atoms with E-state index >= 15 is 0 Å². The second-order valence-electron chi connectivity index (χ2n) is 8.71. The van der Waals surface area contributed by atoms with Crippen molar-refractivity contribution in [3.05, 3.63) is 66.8 Å². The van der Waals surface area contributed by atoms with Gasteiger partial charge in [-0.25, -0.2) is 13.6 Å². The first-order valence-corrected chi connectivity index (χ1v) is 11.8. The van der Waals surface area contributed by atoms with Gasteiger partial charge < -0.3 is 4.74 Å². The van der Waals surface area contributed by atoms with Crippen LogP contribution in [0, 0.1) is 31.3 Å². The predicted molar refractivity (Wildman–Crippen MR) is 126 cm³/mol. The minimum atomic E-state index is -6.20. The number of halogens is 15. The van der Waals surface area contributed by atoms with Crippen LogP contribution >= 0.6 is 22.6 Å². The summed E-state index contributed by atoms with van der Waals surface area (Å²) < 4.78 is 184. The number of esters is 1. The molecule has 0 N–H and O–H groups in total. The molecule has 17 heteroatoms. The second-order valence-corrected chi connectivity index (χ2v) is 9.79. The molecule has 232 valence electrons. The highest BCUT2D eigenvalue weighted by Gasteiger charge is 2.74. The average molecular weight is 732 g/mol. The van der Waals surface area contributed by atoms with Crippen molar-refractivity contribution < 1.29 is 71.0 Å². The molecule has 0 amide bonds. The maximum Gasteiger partial charge on any atom is 0.435 e. The van der Waals surface area contributed by atoms with E-state index in [2.05, 4.69) is 4.74 Å². The highest BCUT2D eigenvalue weighted by Crippen LogP contribution is 2.54. The molecule has 0 aliphatic rings. The molecule has 0 heterocycles. The maximum atomic E-state index is 13.9. The topological polar surface area (TPSA) is 26.3 Å². The molecule has 0 saturated heterocycles. The molecule has 0 unspecified atom stereocenters. The average Bonchev–Trinajstić information content (AvgIpc) is 2.77. The number of rotatable bonds is 3. The Morgan fingerprint density at radius 3 is 1.02 bits per heavy atom. The fourth-order valence-corrected chi connectivity index (χ4v) is 4.02. The van der Waals surface area contributed by atoms with E-state index in [-0.39, 0.29) is 27.8 Å². The summed E-state index contributed by atoms with van der Waals surface area (Å²) in [6.07, 6.45) is -24.5. The molecule has 0 atom stereocenters. The standard InChI is InChI=1S/C13H11F7O2.C11H8F7I/c1-6-4-8(5-7(2)9(6)10(21)22-3)11(14,12(15,16)17)13(18,19)20;1-5-3-7(4-6(2)8(5)19)9(12,10(13,14)15)11(16,17)18/h4-5H,1-3H3;3-4H,1-2H3. The van der Waals surface area contributed by atoms with Crippen LogP contribution in [0.15, 0.2) is 24.3 Å². The number of methoxy groups -OCH3 is 1. The third kappa shape index (κ3) is 6.84. The summed E-state index contributed by atoms with van der Waals surface area (Å²) in [6.45, 7) is 4.84. The third-order valence-corrected chi connectivity index (χ3v) is 7.42. The van der Waals surface area contributed by atoms with Crippen LogP contribution in [0.5, 0.6) is 0 Å². The van der Waals surface area contributed by atoms with Crippen molar-refractivity contribution in [1.82, 2.24) is 0 Å². The van der Waals surface area contributed by atoms with E-state index in [0.29, 0.717) is 27.8 Å². The van der Waals surface area contributed by atoms with Crippen LogP contribution in [-0.2, 0) is 16.1 Å². The van der Waals surface area contributed by atoms with Crippen molar-refractivity contribution in [1.29, 1.82) is 0 Å². The Bertz CT molecular complexity index is 1200. The summed E-state index contributed by atoms with van der Waals surface area (Å²) in [6, 6.07) is 1.85. The van der Waals surface area contributed by atoms with E-state index in [4.69, 9.17) is 0 Å². The number of aryl methyl sites for hydroxylation is 4. The zero-order valence-electron chi connectivity index (χ0n) is 21.3. The number of hydrogen-bond acceptors (Lipinski definition) is 2. The van der Waals surface area contributed by atoms with Crippen molar-refractivity contribution in [2.24, 2.45) is 0 Å². The lowest BCUT2D eigenvalue weighted by molar-refractivity contribution is -0.349. The van der Waals surface area contributed by atoms with Crippen molar-refractivity contribution in [3.8, 4) is 0 Å². The molecule has 0 aliphatic carbocycles. The number of ether oxygens (including phenoxy) is 1. The molecule has 0 saturated carbocycles. The van der Waals surface area contributed by atoms with Gasteiger partial charge in [0.1, 0.15) is 0 Å². The summed E-state index contributed by atoms with van der Waals surface area (Å²) in [5.74, 6) is -0.940. The lowest BCUT2D eigenvalue weighted by Crippen LogP contribution is -2.50.